The lowest BCUT2D eigenvalue weighted by molar-refractivity contribution is 0.112. The summed E-state index contributed by atoms with van der Waals surface area (Å²) in [7, 11) is 1.72. The minimum atomic E-state index is -0.331. The molecule has 1 aliphatic rings. The van der Waals surface area contributed by atoms with Crippen LogP contribution in [0.15, 0.2) is 4.99 Å². The first-order chi connectivity index (χ1) is 6.29. The Morgan fingerprint density at radius 2 is 2.46 bits per heavy atom. The van der Waals surface area contributed by atoms with Gasteiger partial charge in [-0.15, -0.1) is 0 Å². The van der Waals surface area contributed by atoms with Gasteiger partial charge in [-0.25, -0.2) is 0 Å². The third-order valence-electron chi connectivity index (χ3n) is 2.47. The highest BCUT2D eigenvalue weighted by Crippen LogP contribution is 2.19. The van der Waals surface area contributed by atoms with E-state index in [0.29, 0.717) is 13.2 Å². The van der Waals surface area contributed by atoms with Crippen LogP contribution in [-0.2, 0) is 4.74 Å². The minimum Gasteiger partial charge on any atom is -0.390 e. The Kier molecular flexibility index (Phi) is 4.18. The normalized spacial score (nSPS) is 31.0. The maximum atomic E-state index is 9.58. The SMILES string of the molecule is CC[C@@H](NC=NC)[C@@H]1COC[C@H]1O. The summed E-state index contributed by atoms with van der Waals surface area (Å²) in [5, 5.41) is 12.7. The molecule has 1 rings (SSSR count). The third kappa shape index (κ3) is 2.67. The van der Waals surface area contributed by atoms with Gasteiger partial charge < -0.3 is 15.2 Å². The summed E-state index contributed by atoms with van der Waals surface area (Å²) in [6, 6.07) is 0.265. The Morgan fingerprint density at radius 3 is 2.92 bits per heavy atom. The standard InChI is InChI=1S/C9H18N2O2/c1-3-8(11-6-10-2)7-4-13-5-9(7)12/h6-9,12H,3-5H2,1-2H3,(H,10,11)/t7-,8+,9+/m0/s1. The first-order valence-electron chi connectivity index (χ1n) is 4.72. The van der Waals surface area contributed by atoms with Gasteiger partial charge in [0, 0.05) is 19.0 Å². The van der Waals surface area contributed by atoms with Gasteiger partial charge in [-0.2, -0.15) is 0 Å². The van der Waals surface area contributed by atoms with E-state index in [1.165, 1.54) is 0 Å². The fourth-order valence-electron chi connectivity index (χ4n) is 1.66. The Bertz CT molecular complexity index is 173. The minimum absolute atomic E-state index is 0.197. The predicted molar refractivity (Wildman–Crippen MR) is 51.9 cm³/mol. The number of aliphatic hydroxyl groups excluding tert-OH is 1. The van der Waals surface area contributed by atoms with Crippen LogP contribution in [0.2, 0.25) is 0 Å². The van der Waals surface area contributed by atoms with Gasteiger partial charge >= 0.3 is 0 Å². The number of nitrogens with one attached hydrogen (secondary N) is 1. The highest BCUT2D eigenvalue weighted by atomic mass is 16.5. The molecule has 0 unspecified atom stereocenters. The monoisotopic (exact) mass is 186 g/mol. The molecular formula is C9H18N2O2. The average molecular weight is 186 g/mol. The largest absolute Gasteiger partial charge is 0.390 e. The number of hydrogen-bond acceptors (Lipinski definition) is 3. The van der Waals surface area contributed by atoms with Gasteiger partial charge in [0.25, 0.3) is 0 Å². The molecule has 3 atom stereocenters. The lowest BCUT2D eigenvalue weighted by Gasteiger charge is -2.23. The summed E-state index contributed by atoms with van der Waals surface area (Å²) >= 11 is 0. The first kappa shape index (κ1) is 10.5. The zero-order chi connectivity index (χ0) is 9.68. The molecule has 1 fully saturated rings. The van der Waals surface area contributed by atoms with Crippen LogP contribution < -0.4 is 5.32 Å². The molecule has 0 aromatic carbocycles. The summed E-state index contributed by atoms with van der Waals surface area (Å²) in [5.41, 5.74) is 0. The molecule has 0 saturated carbocycles. The topological polar surface area (TPSA) is 53.9 Å². The van der Waals surface area contributed by atoms with Crippen molar-refractivity contribution in [3.05, 3.63) is 0 Å². The number of nitrogens with zero attached hydrogens (tertiary/aromatic N) is 1. The molecule has 1 saturated heterocycles. The molecule has 0 radical (unpaired) electrons. The van der Waals surface area contributed by atoms with Gasteiger partial charge in [0.1, 0.15) is 0 Å². The van der Waals surface area contributed by atoms with Crippen LogP contribution in [0.4, 0.5) is 0 Å². The van der Waals surface area contributed by atoms with Crippen molar-refractivity contribution in [1.82, 2.24) is 5.32 Å². The number of rotatable bonds is 4. The van der Waals surface area contributed by atoms with Crippen molar-refractivity contribution in [1.29, 1.82) is 0 Å². The molecule has 0 aliphatic carbocycles. The van der Waals surface area contributed by atoms with Crippen LogP contribution in [0.1, 0.15) is 13.3 Å². The van der Waals surface area contributed by atoms with E-state index in [9.17, 15) is 5.11 Å². The smallest absolute Gasteiger partial charge is 0.0843 e. The van der Waals surface area contributed by atoms with Gasteiger partial charge in [-0.05, 0) is 6.42 Å². The Morgan fingerprint density at radius 1 is 1.69 bits per heavy atom. The predicted octanol–water partition coefficient (Wildman–Crippen LogP) is 0.0200. The summed E-state index contributed by atoms with van der Waals surface area (Å²) < 4.78 is 5.20. The maximum absolute atomic E-state index is 9.58. The number of hydrogen-bond donors (Lipinski definition) is 2. The van der Waals surface area contributed by atoms with Gasteiger partial charge in [0.15, 0.2) is 0 Å². The molecule has 0 amide bonds. The summed E-state index contributed by atoms with van der Waals surface area (Å²) in [6.45, 7) is 3.20. The van der Waals surface area contributed by atoms with Crippen LogP contribution in [0, 0.1) is 5.92 Å². The van der Waals surface area contributed by atoms with Crippen molar-refractivity contribution >= 4 is 6.34 Å². The molecule has 2 N–H and O–H groups in total. The molecule has 4 nitrogen and oxygen atoms in total. The first-order valence-corrected chi connectivity index (χ1v) is 4.72. The van der Waals surface area contributed by atoms with E-state index >= 15 is 0 Å². The van der Waals surface area contributed by atoms with Crippen LogP contribution >= 0.6 is 0 Å². The van der Waals surface area contributed by atoms with Crippen LogP contribution in [0.3, 0.4) is 0 Å². The van der Waals surface area contributed by atoms with Crippen molar-refractivity contribution in [3.8, 4) is 0 Å². The summed E-state index contributed by atoms with van der Waals surface area (Å²) in [4.78, 5) is 3.86. The van der Waals surface area contributed by atoms with Crippen molar-refractivity contribution in [2.24, 2.45) is 10.9 Å². The second kappa shape index (κ2) is 5.19. The molecule has 4 heteroatoms. The summed E-state index contributed by atoms with van der Waals surface area (Å²) in [5.74, 6) is 0.197. The maximum Gasteiger partial charge on any atom is 0.0843 e. The molecule has 13 heavy (non-hydrogen) atoms. The summed E-state index contributed by atoms with van der Waals surface area (Å²) in [6.07, 6.45) is 2.32. The number of ether oxygens (including phenoxy) is 1. The van der Waals surface area contributed by atoms with Gasteiger partial charge in [0.2, 0.25) is 0 Å². The highest BCUT2D eigenvalue weighted by Gasteiger charge is 2.31. The fourth-order valence-corrected chi connectivity index (χ4v) is 1.66. The lowest BCUT2D eigenvalue weighted by atomic mass is 9.95. The molecule has 0 bridgehead atoms. The third-order valence-corrected chi connectivity index (χ3v) is 2.47. The van der Waals surface area contributed by atoms with E-state index in [4.69, 9.17) is 4.74 Å². The number of aliphatic imine (C=N–C) groups is 1. The number of aliphatic hydroxyl groups is 1. The van der Waals surface area contributed by atoms with Gasteiger partial charge in [0.05, 0.1) is 25.7 Å². The van der Waals surface area contributed by atoms with Gasteiger partial charge in [-0.1, -0.05) is 6.92 Å². The molecule has 0 aromatic heterocycles. The average Bonchev–Trinajstić information content (AvgIpc) is 2.54. The zero-order valence-corrected chi connectivity index (χ0v) is 8.23. The van der Waals surface area contributed by atoms with Crippen molar-refractivity contribution < 1.29 is 9.84 Å². The molecule has 1 heterocycles. The molecule has 0 aromatic rings. The lowest BCUT2D eigenvalue weighted by Crippen LogP contribution is -2.40. The van der Waals surface area contributed by atoms with E-state index in [2.05, 4.69) is 17.2 Å². The van der Waals surface area contributed by atoms with Crippen LogP contribution in [0.25, 0.3) is 0 Å². The quantitative estimate of drug-likeness (QED) is 0.481. The molecule has 1 aliphatic heterocycles. The highest BCUT2D eigenvalue weighted by molar-refractivity contribution is 5.54. The Labute approximate surface area is 79.0 Å². The molecule has 76 valence electrons. The zero-order valence-electron chi connectivity index (χ0n) is 8.23. The van der Waals surface area contributed by atoms with E-state index in [0.717, 1.165) is 6.42 Å². The molecule has 0 spiro atoms. The Hall–Kier alpha value is -0.610. The van der Waals surface area contributed by atoms with Gasteiger partial charge in [-0.3, -0.25) is 4.99 Å². The second-order valence-electron chi connectivity index (χ2n) is 3.34. The van der Waals surface area contributed by atoms with Crippen molar-refractivity contribution in [3.63, 3.8) is 0 Å². The van der Waals surface area contributed by atoms with Crippen molar-refractivity contribution in [2.75, 3.05) is 20.3 Å². The molecular weight excluding hydrogens is 168 g/mol. The van der Waals surface area contributed by atoms with E-state index < -0.39 is 0 Å². The second-order valence-corrected chi connectivity index (χ2v) is 3.34. The van der Waals surface area contributed by atoms with E-state index in [1.807, 2.05) is 0 Å². The van der Waals surface area contributed by atoms with E-state index in [1.54, 1.807) is 13.4 Å². The van der Waals surface area contributed by atoms with Crippen LogP contribution in [0.5, 0.6) is 0 Å². The van der Waals surface area contributed by atoms with E-state index in [-0.39, 0.29) is 18.1 Å². The fraction of sp³-hybridized carbons (Fsp3) is 0.889. The van der Waals surface area contributed by atoms with Crippen LogP contribution in [-0.4, -0.2) is 43.9 Å². The Balaban J connectivity index is 2.44. The van der Waals surface area contributed by atoms with Crippen molar-refractivity contribution in [2.45, 2.75) is 25.5 Å².